The maximum absolute atomic E-state index is 13.2. The van der Waals surface area contributed by atoms with Crippen molar-refractivity contribution in [2.75, 3.05) is 6.54 Å². The van der Waals surface area contributed by atoms with E-state index >= 15 is 0 Å². The molecule has 1 aliphatic rings. The summed E-state index contributed by atoms with van der Waals surface area (Å²) in [6.07, 6.45) is 7.15. The fraction of sp³-hybridized carbons (Fsp3) is 0.650. The molecule has 1 atom stereocenters. The van der Waals surface area contributed by atoms with Crippen LogP contribution in [0, 0.1) is 11.2 Å². The molecule has 1 fully saturated rings. The highest BCUT2D eigenvalue weighted by Gasteiger charge is 2.26. The van der Waals surface area contributed by atoms with Crippen molar-refractivity contribution in [3.63, 3.8) is 0 Å². The second-order valence-corrected chi connectivity index (χ2v) is 7.99. The summed E-state index contributed by atoms with van der Waals surface area (Å²) in [4.78, 5) is 12.3. The summed E-state index contributed by atoms with van der Waals surface area (Å²) in [5, 5.41) is 6.53. The van der Waals surface area contributed by atoms with Gasteiger partial charge in [0.1, 0.15) is 5.82 Å². The van der Waals surface area contributed by atoms with Crippen LogP contribution in [0.3, 0.4) is 0 Å². The van der Waals surface area contributed by atoms with Gasteiger partial charge in [-0.15, -0.1) is 0 Å². The van der Waals surface area contributed by atoms with Crippen LogP contribution in [-0.4, -0.2) is 18.5 Å². The van der Waals surface area contributed by atoms with Crippen molar-refractivity contribution in [3.05, 3.63) is 35.6 Å². The van der Waals surface area contributed by atoms with Gasteiger partial charge in [-0.05, 0) is 36.0 Å². The SMILES string of the molecule is CC(C)(C)C(NCC(=O)NC1CCCCCC1)c1ccc(F)cc1. The molecule has 0 radical (unpaired) electrons. The second kappa shape index (κ2) is 8.61. The van der Waals surface area contributed by atoms with Crippen molar-refractivity contribution in [2.45, 2.75) is 71.4 Å². The summed E-state index contributed by atoms with van der Waals surface area (Å²) in [5.41, 5.74) is 0.937. The average Bonchev–Trinajstić information content (AvgIpc) is 2.76. The van der Waals surface area contributed by atoms with E-state index in [1.807, 2.05) is 0 Å². The van der Waals surface area contributed by atoms with E-state index in [0.29, 0.717) is 6.04 Å². The van der Waals surface area contributed by atoms with Crippen LogP contribution in [0.2, 0.25) is 0 Å². The number of hydrogen-bond donors (Lipinski definition) is 2. The molecule has 0 bridgehead atoms. The predicted molar refractivity (Wildman–Crippen MR) is 96.2 cm³/mol. The van der Waals surface area contributed by atoms with Gasteiger partial charge in [0.15, 0.2) is 0 Å². The van der Waals surface area contributed by atoms with E-state index in [1.165, 1.54) is 37.8 Å². The van der Waals surface area contributed by atoms with Crippen LogP contribution in [0.4, 0.5) is 4.39 Å². The lowest BCUT2D eigenvalue weighted by molar-refractivity contribution is -0.121. The van der Waals surface area contributed by atoms with Gasteiger partial charge in [-0.2, -0.15) is 0 Å². The van der Waals surface area contributed by atoms with Gasteiger partial charge in [-0.25, -0.2) is 4.39 Å². The Morgan fingerprint density at radius 3 is 2.25 bits per heavy atom. The Morgan fingerprint density at radius 2 is 1.71 bits per heavy atom. The van der Waals surface area contributed by atoms with Gasteiger partial charge in [-0.3, -0.25) is 4.79 Å². The van der Waals surface area contributed by atoms with E-state index in [2.05, 4.69) is 31.4 Å². The van der Waals surface area contributed by atoms with Crippen LogP contribution >= 0.6 is 0 Å². The summed E-state index contributed by atoms with van der Waals surface area (Å²) >= 11 is 0. The highest BCUT2D eigenvalue weighted by Crippen LogP contribution is 2.32. The summed E-state index contributed by atoms with van der Waals surface area (Å²) in [6, 6.07) is 6.85. The van der Waals surface area contributed by atoms with Crippen LogP contribution in [0.25, 0.3) is 0 Å². The van der Waals surface area contributed by atoms with Crippen molar-refractivity contribution in [1.82, 2.24) is 10.6 Å². The first-order chi connectivity index (χ1) is 11.4. The highest BCUT2D eigenvalue weighted by molar-refractivity contribution is 5.78. The third-order valence-corrected chi connectivity index (χ3v) is 4.76. The second-order valence-electron chi connectivity index (χ2n) is 7.99. The molecule has 0 spiro atoms. The Kier molecular flexibility index (Phi) is 6.79. The summed E-state index contributed by atoms with van der Waals surface area (Å²) in [7, 11) is 0. The molecule has 1 aromatic carbocycles. The first-order valence-electron chi connectivity index (χ1n) is 9.14. The van der Waals surface area contributed by atoms with Gasteiger partial charge in [0.05, 0.1) is 6.54 Å². The molecule has 1 amide bonds. The standard InChI is InChI=1S/C20H31FN2O/c1-20(2,3)19(15-10-12-16(21)13-11-15)22-14-18(24)23-17-8-6-4-5-7-9-17/h10-13,17,19,22H,4-9,14H2,1-3H3,(H,23,24). The van der Waals surface area contributed by atoms with E-state index in [1.54, 1.807) is 12.1 Å². The maximum atomic E-state index is 13.2. The molecule has 0 aromatic heterocycles. The minimum atomic E-state index is -0.238. The van der Waals surface area contributed by atoms with E-state index in [4.69, 9.17) is 0 Å². The van der Waals surface area contributed by atoms with Crippen LogP contribution in [0.15, 0.2) is 24.3 Å². The zero-order valence-electron chi connectivity index (χ0n) is 15.2. The summed E-state index contributed by atoms with van der Waals surface area (Å²) < 4.78 is 13.2. The van der Waals surface area contributed by atoms with Crippen molar-refractivity contribution in [2.24, 2.45) is 5.41 Å². The highest BCUT2D eigenvalue weighted by atomic mass is 19.1. The molecule has 4 heteroatoms. The van der Waals surface area contributed by atoms with E-state index in [9.17, 15) is 9.18 Å². The third kappa shape index (κ3) is 5.90. The molecule has 1 aromatic rings. The molecule has 24 heavy (non-hydrogen) atoms. The molecule has 1 saturated carbocycles. The van der Waals surface area contributed by atoms with Gasteiger partial charge >= 0.3 is 0 Å². The molecular weight excluding hydrogens is 303 g/mol. The number of carbonyl (C=O) groups is 1. The lowest BCUT2D eigenvalue weighted by Gasteiger charge is -2.32. The number of amides is 1. The quantitative estimate of drug-likeness (QED) is 0.786. The summed E-state index contributed by atoms with van der Waals surface area (Å²) in [5.74, 6) is -0.184. The number of halogens is 1. The largest absolute Gasteiger partial charge is 0.352 e. The monoisotopic (exact) mass is 334 g/mol. The number of hydrogen-bond acceptors (Lipinski definition) is 2. The Bertz CT molecular complexity index is 513. The van der Waals surface area contributed by atoms with E-state index < -0.39 is 0 Å². The fourth-order valence-electron chi connectivity index (χ4n) is 3.48. The number of nitrogens with one attached hydrogen (secondary N) is 2. The van der Waals surface area contributed by atoms with Crippen LogP contribution < -0.4 is 10.6 Å². The van der Waals surface area contributed by atoms with Gasteiger partial charge in [-0.1, -0.05) is 58.6 Å². The van der Waals surface area contributed by atoms with Crippen molar-refractivity contribution in [3.8, 4) is 0 Å². The third-order valence-electron chi connectivity index (χ3n) is 4.76. The fourth-order valence-corrected chi connectivity index (χ4v) is 3.48. The van der Waals surface area contributed by atoms with Crippen molar-refractivity contribution < 1.29 is 9.18 Å². The van der Waals surface area contributed by atoms with Gasteiger partial charge in [0.2, 0.25) is 5.91 Å². The molecule has 0 heterocycles. The minimum Gasteiger partial charge on any atom is -0.352 e. The van der Waals surface area contributed by atoms with E-state index in [-0.39, 0.29) is 29.7 Å². The van der Waals surface area contributed by atoms with Crippen LogP contribution in [0.1, 0.15) is 70.9 Å². The van der Waals surface area contributed by atoms with Gasteiger partial charge in [0.25, 0.3) is 0 Å². The van der Waals surface area contributed by atoms with Gasteiger partial charge < -0.3 is 10.6 Å². The van der Waals surface area contributed by atoms with E-state index in [0.717, 1.165) is 18.4 Å². The molecule has 0 saturated heterocycles. The Hall–Kier alpha value is -1.42. The minimum absolute atomic E-state index is 0.00187. The maximum Gasteiger partial charge on any atom is 0.234 e. The molecule has 1 aliphatic carbocycles. The molecule has 1 unspecified atom stereocenters. The Balaban J connectivity index is 1.92. The predicted octanol–water partition coefficient (Wildman–Crippen LogP) is 4.34. The summed E-state index contributed by atoms with van der Waals surface area (Å²) in [6.45, 7) is 6.65. The molecule has 2 N–H and O–H groups in total. The normalized spacial score (nSPS) is 18.0. The number of carbonyl (C=O) groups excluding carboxylic acids is 1. The Morgan fingerprint density at radius 1 is 1.12 bits per heavy atom. The number of rotatable bonds is 5. The molecule has 134 valence electrons. The first-order valence-corrected chi connectivity index (χ1v) is 9.14. The van der Waals surface area contributed by atoms with Crippen LogP contribution in [-0.2, 0) is 4.79 Å². The molecular formula is C20H31FN2O. The lowest BCUT2D eigenvalue weighted by atomic mass is 9.82. The Labute approximate surface area is 145 Å². The lowest BCUT2D eigenvalue weighted by Crippen LogP contribution is -2.43. The van der Waals surface area contributed by atoms with Crippen molar-refractivity contribution in [1.29, 1.82) is 0 Å². The topological polar surface area (TPSA) is 41.1 Å². The zero-order chi connectivity index (χ0) is 17.6. The number of benzene rings is 1. The molecule has 3 nitrogen and oxygen atoms in total. The average molecular weight is 334 g/mol. The first kappa shape index (κ1) is 18.9. The van der Waals surface area contributed by atoms with Gasteiger partial charge in [0, 0.05) is 12.1 Å². The smallest absolute Gasteiger partial charge is 0.234 e. The van der Waals surface area contributed by atoms with Crippen molar-refractivity contribution >= 4 is 5.91 Å². The molecule has 2 rings (SSSR count). The zero-order valence-corrected chi connectivity index (χ0v) is 15.2. The molecule has 0 aliphatic heterocycles. The van der Waals surface area contributed by atoms with Crippen LogP contribution in [0.5, 0.6) is 0 Å².